The second-order valence-electron chi connectivity index (χ2n) is 5.25. The Kier molecular flexibility index (Phi) is 4.74. The van der Waals surface area contributed by atoms with Crippen LogP contribution in [0.15, 0.2) is 48.5 Å². The SMILES string of the molecule is CN(C)c1ccc(CC(CN)c2cccc(F)c2)cc1. The summed E-state index contributed by atoms with van der Waals surface area (Å²) in [4.78, 5) is 2.07. The number of halogens is 1. The minimum absolute atomic E-state index is 0.149. The highest BCUT2D eigenvalue weighted by molar-refractivity contribution is 5.46. The Hall–Kier alpha value is -1.87. The molecule has 0 bridgehead atoms. The lowest BCUT2D eigenvalue weighted by molar-refractivity contribution is 0.616. The molecular formula is C17H21FN2. The fraction of sp³-hybridized carbons (Fsp3) is 0.294. The number of anilines is 1. The molecule has 0 saturated heterocycles. The van der Waals surface area contributed by atoms with Crippen molar-refractivity contribution in [3.05, 3.63) is 65.5 Å². The molecule has 0 aliphatic carbocycles. The summed E-state index contributed by atoms with van der Waals surface area (Å²) in [5, 5.41) is 0. The van der Waals surface area contributed by atoms with E-state index in [9.17, 15) is 4.39 Å². The molecule has 1 unspecified atom stereocenters. The van der Waals surface area contributed by atoms with Crippen LogP contribution in [0.4, 0.5) is 10.1 Å². The number of nitrogens with two attached hydrogens (primary N) is 1. The molecule has 2 rings (SSSR count). The summed E-state index contributed by atoms with van der Waals surface area (Å²) in [7, 11) is 4.04. The van der Waals surface area contributed by atoms with E-state index in [1.165, 1.54) is 17.3 Å². The summed E-state index contributed by atoms with van der Waals surface area (Å²) < 4.78 is 13.3. The first-order chi connectivity index (χ1) is 9.60. The maximum Gasteiger partial charge on any atom is 0.123 e. The quantitative estimate of drug-likeness (QED) is 0.906. The molecular weight excluding hydrogens is 251 g/mol. The highest BCUT2D eigenvalue weighted by Gasteiger charge is 2.11. The topological polar surface area (TPSA) is 29.3 Å². The number of hydrogen-bond donors (Lipinski definition) is 1. The fourth-order valence-corrected chi connectivity index (χ4v) is 2.31. The van der Waals surface area contributed by atoms with Crippen LogP contribution < -0.4 is 10.6 Å². The van der Waals surface area contributed by atoms with Crippen LogP contribution in [-0.2, 0) is 6.42 Å². The Balaban J connectivity index is 2.14. The maximum atomic E-state index is 13.3. The Morgan fingerprint density at radius 2 is 1.80 bits per heavy atom. The van der Waals surface area contributed by atoms with Gasteiger partial charge in [0.15, 0.2) is 0 Å². The van der Waals surface area contributed by atoms with Crippen LogP contribution in [0.2, 0.25) is 0 Å². The van der Waals surface area contributed by atoms with E-state index >= 15 is 0 Å². The lowest BCUT2D eigenvalue weighted by atomic mass is 9.92. The third-order valence-corrected chi connectivity index (χ3v) is 3.54. The molecule has 0 fully saturated rings. The standard InChI is InChI=1S/C17H21FN2/c1-20(2)17-8-6-13(7-9-17)10-15(12-19)14-4-3-5-16(18)11-14/h3-9,11,15H,10,12,19H2,1-2H3. The Bertz CT molecular complexity index is 549. The monoisotopic (exact) mass is 272 g/mol. The van der Waals surface area contributed by atoms with E-state index in [-0.39, 0.29) is 11.7 Å². The molecule has 3 heteroatoms. The first-order valence-corrected chi connectivity index (χ1v) is 6.82. The zero-order valence-corrected chi connectivity index (χ0v) is 12.0. The maximum absolute atomic E-state index is 13.3. The highest BCUT2D eigenvalue weighted by Crippen LogP contribution is 2.22. The van der Waals surface area contributed by atoms with Crippen molar-refractivity contribution in [2.75, 3.05) is 25.5 Å². The lowest BCUT2D eigenvalue weighted by Crippen LogP contribution is -2.15. The van der Waals surface area contributed by atoms with Crippen LogP contribution in [0.5, 0.6) is 0 Å². The molecule has 1 atom stereocenters. The van der Waals surface area contributed by atoms with Crippen LogP contribution in [0.1, 0.15) is 17.0 Å². The van der Waals surface area contributed by atoms with Crippen LogP contribution in [0.25, 0.3) is 0 Å². The second-order valence-corrected chi connectivity index (χ2v) is 5.25. The molecule has 20 heavy (non-hydrogen) atoms. The van der Waals surface area contributed by atoms with Gasteiger partial charge in [0.2, 0.25) is 0 Å². The minimum Gasteiger partial charge on any atom is -0.378 e. The van der Waals surface area contributed by atoms with Gasteiger partial charge in [-0.25, -0.2) is 4.39 Å². The van der Waals surface area contributed by atoms with Crippen molar-refractivity contribution >= 4 is 5.69 Å². The van der Waals surface area contributed by atoms with Crippen molar-refractivity contribution < 1.29 is 4.39 Å². The van der Waals surface area contributed by atoms with E-state index in [1.54, 1.807) is 12.1 Å². The third-order valence-electron chi connectivity index (χ3n) is 3.54. The van der Waals surface area contributed by atoms with Crippen molar-refractivity contribution in [2.45, 2.75) is 12.3 Å². The summed E-state index contributed by atoms with van der Waals surface area (Å²) in [6.45, 7) is 0.513. The van der Waals surface area contributed by atoms with Crippen LogP contribution in [0, 0.1) is 5.82 Å². The predicted octanol–water partition coefficient (Wildman–Crippen LogP) is 3.18. The molecule has 2 nitrogen and oxygen atoms in total. The van der Waals surface area contributed by atoms with Gasteiger partial charge in [0.25, 0.3) is 0 Å². The molecule has 0 saturated carbocycles. The van der Waals surface area contributed by atoms with Gasteiger partial charge in [-0.3, -0.25) is 0 Å². The summed E-state index contributed by atoms with van der Waals surface area (Å²) in [6, 6.07) is 15.1. The normalized spacial score (nSPS) is 12.2. The van der Waals surface area contributed by atoms with Crippen molar-refractivity contribution in [2.24, 2.45) is 5.73 Å². The zero-order chi connectivity index (χ0) is 14.5. The van der Waals surface area contributed by atoms with Gasteiger partial charge in [0, 0.05) is 25.7 Å². The third kappa shape index (κ3) is 3.58. The van der Waals surface area contributed by atoms with Crippen LogP contribution in [0.3, 0.4) is 0 Å². The summed E-state index contributed by atoms with van der Waals surface area (Å²) in [6.07, 6.45) is 0.827. The van der Waals surface area contributed by atoms with E-state index in [0.29, 0.717) is 6.54 Å². The van der Waals surface area contributed by atoms with Crippen LogP contribution in [-0.4, -0.2) is 20.6 Å². The van der Waals surface area contributed by atoms with E-state index in [2.05, 4.69) is 29.2 Å². The first-order valence-electron chi connectivity index (χ1n) is 6.82. The molecule has 2 N–H and O–H groups in total. The van der Waals surface area contributed by atoms with Gasteiger partial charge in [-0.05, 0) is 48.4 Å². The molecule has 0 spiro atoms. The average Bonchev–Trinajstić information content (AvgIpc) is 2.45. The summed E-state index contributed by atoms with van der Waals surface area (Å²) in [5.41, 5.74) is 9.20. The fourth-order valence-electron chi connectivity index (χ4n) is 2.31. The van der Waals surface area contributed by atoms with Crippen molar-refractivity contribution in [3.8, 4) is 0 Å². The van der Waals surface area contributed by atoms with Crippen molar-refractivity contribution in [1.29, 1.82) is 0 Å². The molecule has 0 radical (unpaired) electrons. The van der Waals surface area contributed by atoms with Crippen LogP contribution >= 0.6 is 0 Å². The molecule has 0 amide bonds. The molecule has 106 valence electrons. The molecule has 2 aromatic carbocycles. The molecule has 0 aromatic heterocycles. The number of nitrogens with zero attached hydrogens (tertiary/aromatic N) is 1. The Morgan fingerprint density at radius 1 is 1.10 bits per heavy atom. The van der Waals surface area contributed by atoms with Gasteiger partial charge < -0.3 is 10.6 Å². The van der Waals surface area contributed by atoms with E-state index in [0.717, 1.165) is 12.0 Å². The smallest absolute Gasteiger partial charge is 0.123 e. The molecule has 2 aromatic rings. The van der Waals surface area contributed by atoms with Gasteiger partial charge in [-0.1, -0.05) is 24.3 Å². The zero-order valence-electron chi connectivity index (χ0n) is 12.0. The summed E-state index contributed by atoms with van der Waals surface area (Å²) >= 11 is 0. The minimum atomic E-state index is -0.205. The Morgan fingerprint density at radius 3 is 2.35 bits per heavy atom. The summed E-state index contributed by atoms with van der Waals surface area (Å²) in [5.74, 6) is -0.0557. The number of benzene rings is 2. The van der Waals surface area contributed by atoms with E-state index < -0.39 is 0 Å². The van der Waals surface area contributed by atoms with Gasteiger partial charge in [-0.15, -0.1) is 0 Å². The van der Waals surface area contributed by atoms with Crippen molar-refractivity contribution in [1.82, 2.24) is 0 Å². The molecule has 0 aliphatic heterocycles. The number of rotatable bonds is 5. The van der Waals surface area contributed by atoms with Gasteiger partial charge in [0.05, 0.1) is 0 Å². The molecule has 0 aliphatic rings. The van der Waals surface area contributed by atoms with E-state index in [4.69, 9.17) is 5.73 Å². The first kappa shape index (κ1) is 14.5. The van der Waals surface area contributed by atoms with Gasteiger partial charge >= 0.3 is 0 Å². The number of hydrogen-bond acceptors (Lipinski definition) is 2. The largest absolute Gasteiger partial charge is 0.378 e. The Labute approximate surface area is 120 Å². The van der Waals surface area contributed by atoms with E-state index in [1.807, 2.05) is 20.2 Å². The lowest BCUT2D eigenvalue weighted by Gasteiger charge is -2.17. The van der Waals surface area contributed by atoms with Gasteiger partial charge in [0.1, 0.15) is 5.82 Å². The predicted molar refractivity (Wildman–Crippen MR) is 82.7 cm³/mol. The second kappa shape index (κ2) is 6.53. The van der Waals surface area contributed by atoms with Crippen molar-refractivity contribution in [3.63, 3.8) is 0 Å². The van der Waals surface area contributed by atoms with Gasteiger partial charge in [-0.2, -0.15) is 0 Å². The molecule has 0 heterocycles. The average molecular weight is 272 g/mol. The highest BCUT2D eigenvalue weighted by atomic mass is 19.1.